The summed E-state index contributed by atoms with van der Waals surface area (Å²) in [6.07, 6.45) is -2.96. The Morgan fingerprint density at radius 2 is 1.83 bits per heavy atom. The van der Waals surface area contributed by atoms with E-state index in [2.05, 4.69) is 15.1 Å². The SMILES string of the molecule is NC(=O)C1CCN(CC(O)Cn2nc(-c3ccc(C(F)(F)F)c(SCCN4CCC(F)CC4)c3)c3c2CCNC3)CC1. The molecule has 13 heteroatoms. The lowest BCUT2D eigenvalue weighted by molar-refractivity contribution is -0.139. The molecule has 0 aliphatic carbocycles. The first-order valence-electron chi connectivity index (χ1n) is 14.8. The van der Waals surface area contributed by atoms with E-state index in [1.54, 1.807) is 6.07 Å². The molecule has 2 aromatic rings. The minimum absolute atomic E-state index is 0.118. The number of thioether (sulfide) groups is 1. The number of hydrogen-bond donors (Lipinski definition) is 3. The van der Waals surface area contributed by atoms with Gasteiger partial charge in [0, 0.05) is 79.1 Å². The molecular weight excluding hydrogens is 572 g/mol. The van der Waals surface area contributed by atoms with Gasteiger partial charge in [-0.15, -0.1) is 11.8 Å². The number of piperidine rings is 2. The van der Waals surface area contributed by atoms with E-state index in [9.17, 15) is 27.5 Å². The van der Waals surface area contributed by atoms with Crippen LogP contribution in [0.2, 0.25) is 0 Å². The number of fused-ring (bicyclic) bond motifs is 1. The second-order valence-electron chi connectivity index (χ2n) is 11.6. The normalized spacial score (nSPS) is 20.5. The number of aliphatic hydroxyl groups excluding tert-OH is 1. The van der Waals surface area contributed by atoms with Gasteiger partial charge < -0.3 is 26.0 Å². The highest BCUT2D eigenvalue weighted by Crippen LogP contribution is 2.40. The van der Waals surface area contributed by atoms with Crippen LogP contribution in [-0.4, -0.2) is 94.4 Å². The van der Waals surface area contributed by atoms with Gasteiger partial charge in [0.1, 0.15) is 6.17 Å². The van der Waals surface area contributed by atoms with Crippen LogP contribution in [0.1, 0.15) is 42.5 Å². The van der Waals surface area contributed by atoms with E-state index in [0.29, 0.717) is 94.9 Å². The van der Waals surface area contributed by atoms with Crippen molar-refractivity contribution in [2.45, 2.75) is 68.5 Å². The number of aromatic nitrogens is 2. The van der Waals surface area contributed by atoms with Crippen LogP contribution < -0.4 is 11.1 Å². The molecule has 0 bridgehead atoms. The number of carbonyl (C=O) groups is 1. The monoisotopic (exact) mass is 612 g/mol. The predicted molar refractivity (Wildman–Crippen MR) is 154 cm³/mol. The molecule has 1 atom stereocenters. The van der Waals surface area contributed by atoms with Crippen molar-refractivity contribution in [2.75, 3.05) is 51.6 Å². The molecule has 1 aromatic heterocycles. The third-order valence-electron chi connectivity index (χ3n) is 8.59. The van der Waals surface area contributed by atoms with E-state index in [1.165, 1.54) is 17.8 Å². The van der Waals surface area contributed by atoms with Gasteiger partial charge in [-0.3, -0.25) is 9.48 Å². The molecule has 0 saturated carbocycles. The van der Waals surface area contributed by atoms with E-state index >= 15 is 0 Å². The minimum atomic E-state index is -4.48. The first kappa shape index (κ1) is 31.2. The van der Waals surface area contributed by atoms with Crippen molar-refractivity contribution in [2.24, 2.45) is 11.7 Å². The van der Waals surface area contributed by atoms with Crippen LogP contribution in [0.15, 0.2) is 23.1 Å². The molecule has 3 aliphatic heterocycles. The number of likely N-dealkylation sites (tertiary alicyclic amines) is 2. The van der Waals surface area contributed by atoms with Gasteiger partial charge in [0.25, 0.3) is 0 Å². The van der Waals surface area contributed by atoms with Gasteiger partial charge >= 0.3 is 6.18 Å². The number of halogens is 4. The van der Waals surface area contributed by atoms with Gasteiger partial charge in [-0.1, -0.05) is 6.07 Å². The lowest BCUT2D eigenvalue weighted by atomic mass is 9.96. The molecule has 2 saturated heterocycles. The van der Waals surface area contributed by atoms with Gasteiger partial charge in [-0.05, 0) is 50.9 Å². The summed E-state index contributed by atoms with van der Waals surface area (Å²) >= 11 is 1.17. The third kappa shape index (κ3) is 7.65. The summed E-state index contributed by atoms with van der Waals surface area (Å²) in [5.41, 5.74) is 7.95. The Hall–Kier alpha value is -2.19. The van der Waals surface area contributed by atoms with Crippen LogP contribution in [0.3, 0.4) is 0 Å². The van der Waals surface area contributed by atoms with Gasteiger partial charge in [-0.2, -0.15) is 18.3 Å². The smallest absolute Gasteiger partial charge is 0.390 e. The predicted octanol–water partition coefficient (Wildman–Crippen LogP) is 3.30. The summed E-state index contributed by atoms with van der Waals surface area (Å²) in [6, 6.07) is 4.21. The lowest BCUT2D eigenvalue weighted by Gasteiger charge is -2.32. The number of nitrogens with two attached hydrogens (primary N) is 1. The first-order chi connectivity index (χ1) is 20.1. The minimum Gasteiger partial charge on any atom is -0.390 e. The molecule has 1 unspecified atom stereocenters. The highest BCUT2D eigenvalue weighted by Gasteiger charge is 2.34. The summed E-state index contributed by atoms with van der Waals surface area (Å²) in [5, 5.41) is 19.1. The van der Waals surface area contributed by atoms with Crippen LogP contribution in [0.25, 0.3) is 11.3 Å². The molecule has 1 aromatic carbocycles. The lowest BCUT2D eigenvalue weighted by Crippen LogP contribution is -2.42. The molecule has 1 amide bonds. The topological polar surface area (TPSA) is 99.7 Å². The molecule has 8 nitrogen and oxygen atoms in total. The van der Waals surface area contributed by atoms with E-state index in [0.717, 1.165) is 23.9 Å². The summed E-state index contributed by atoms with van der Waals surface area (Å²) < 4.78 is 57.1. The van der Waals surface area contributed by atoms with Crippen LogP contribution in [0, 0.1) is 5.92 Å². The van der Waals surface area contributed by atoms with E-state index in [4.69, 9.17) is 10.8 Å². The average molecular weight is 613 g/mol. The van der Waals surface area contributed by atoms with Crippen molar-refractivity contribution >= 4 is 17.7 Å². The maximum atomic E-state index is 13.9. The molecule has 0 radical (unpaired) electrons. The van der Waals surface area contributed by atoms with Gasteiger partial charge in [0.2, 0.25) is 5.91 Å². The summed E-state index contributed by atoms with van der Waals surface area (Å²) in [6.45, 7) is 5.26. The molecule has 4 N–H and O–H groups in total. The summed E-state index contributed by atoms with van der Waals surface area (Å²) in [4.78, 5) is 15.9. The Balaban J connectivity index is 1.31. The number of primary amides is 1. The molecule has 232 valence electrons. The Kier molecular flexibility index (Phi) is 10.1. The zero-order valence-electron chi connectivity index (χ0n) is 23.7. The Morgan fingerprint density at radius 3 is 2.52 bits per heavy atom. The van der Waals surface area contributed by atoms with Crippen LogP contribution in [0.4, 0.5) is 17.6 Å². The Bertz CT molecular complexity index is 1230. The van der Waals surface area contributed by atoms with Crippen LogP contribution >= 0.6 is 11.8 Å². The molecule has 5 rings (SSSR count). The molecule has 3 aliphatic rings. The van der Waals surface area contributed by atoms with Crippen molar-refractivity contribution in [1.82, 2.24) is 24.9 Å². The maximum Gasteiger partial charge on any atom is 0.417 e. The zero-order chi connectivity index (χ0) is 29.9. The number of carbonyl (C=O) groups excluding carboxylic acids is 1. The highest BCUT2D eigenvalue weighted by atomic mass is 32.2. The molecule has 2 fully saturated rings. The second-order valence-corrected chi connectivity index (χ2v) is 12.7. The first-order valence-corrected chi connectivity index (χ1v) is 15.8. The molecule has 4 heterocycles. The number of benzene rings is 1. The fraction of sp³-hybridized carbons (Fsp3) is 0.655. The van der Waals surface area contributed by atoms with E-state index < -0.39 is 24.0 Å². The third-order valence-corrected chi connectivity index (χ3v) is 9.63. The largest absolute Gasteiger partial charge is 0.417 e. The van der Waals surface area contributed by atoms with Gasteiger partial charge in [-0.25, -0.2) is 4.39 Å². The second kappa shape index (κ2) is 13.6. The molecular formula is C29H40F4N6O2S. The average Bonchev–Trinajstić information content (AvgIpc) is 3.32. The number of nitrogens with zero attached hydrogens (tertiary/aromatic N) is 4. The number of rotatable bonds is 10. The maximum absolute atomic E-state index is 13.9. The number of hydrogen-bond acceptors (Lipinski definition) is 7. The fourth-order valence-corrected chi connectivity index (χ4v) is 7.31. The number of alkyl halides is 4. The quantitative estimate of drug-likeness (QED) is 0.280. The highest BCUT2D eigenvalue weighted by molar-refractivity contribution is 7.99. The number of aliphatic hydroxyl groups is 1. The Morgan fingerprint density at radius 1 is 1.12 bits per heavy atom. The van der Waals surface area contributed by atoms with Crippen molar-refractivity contribution < 1.29 is 27.5 Å². The molecule has 42 heavy (non-hydrogen) atoms. The number of β-amino-alcohol motifs (C(OH)–C–C–N with tert-alkyl or cyclic N) is 1. The zero-order valence-corrected chi connectivity index (χ0v) is 24.5. The van der Waals surface area contributed by atoms with E-state index in [1.807, 2.05) is 4.68 Å². The number of amides is 1. The van der Waals surface area contributed by atoms with E-state index in [-0.39, 0.29) is 23.3 Å². The summed E-state index contributed by atoms with van der Waals surface area (Å²) in [5.74, 6) is 0.0790. The standard InChI is InChI=1S/C29H40F4N6O2S/c30-21-6-11-37(12-7-21)13-14-42-26-15-20(1-2-24(26)29(31,32)33)27-23-16-35-8-3-25(23)39(36-27)18-22(40)17-38-9-4-19(5-10-38)28(34)41/h1-2,15,19,21-22,35,40H,3-14,16-18H2,(H2,34,41). The van der Waals surface area contributed by atoms with Crippen molar-refractivity contribution in [3.05, 3.63) is 35.0 Å². The fourth-order valence-electron chi connectivity index (χ4n) is 6.19. The van der Waals surface area contributed by atoms with Crippen molar-refractivity contribution in [3.63, 3.8) is 0 Å². The van der Waals surface area contributed by atoms with Crippen LogP contribution in [-0.2, 0) is 30.5 Å². The summed E-state index contributed by atoms with van der Waals surface area (Å²) in [7, 11) is 0. The Labute approximate surface area is 248 Å². The molecule has 0 spiro atoms. The van der Waals surface area contributed by atoms with Crippen molar-refractivity contribution in [3.8, 4) is 11.3 Å². The van der Waals surface area contributed by atoms with Gasteiger partial charge in [0.15, 0.2) is 0 Å². The van der Waals surface area contributed by atoms with Crippen LogP contribution in [0.5, 0.6) is 0 Å². The van der Waals surface area contributed by atoms with Gasteiger partial charge in [0.05, 0.1) is 23.9 Å². The van der Waals surface area contributed by atoms with Crippen molar-refractivity contribution in [1.29, 1.82) is 0 Å². The number of nitrogens with one attached hydrogen (secondary N) is 1.